The van der Waals surface area contributed by atoms with Crippen LogP contribution >= 0.6 is 22.9 Å². The Bertz CT molecular complexity index is 655. The molecule has 0 bridgehead atoms. The van der Waals surface area contributed by atoms with E-state index >= 15 is 0 Å². The number of aryl methyl sites for hydroxylation is 1. The molecule has 0 radical (unpaired) electrons. The summed E-state index contributed by atoms with van der Waals surface area (Å²) in [5, 5.41) is 17.5. The van der Waals surface area contributed by atoms with Gasteiger partial charge in [0.15, 0.2) is 5.82 Å². The zero-order valence-corrected chi connectivity index (χ0v) is 13.8. The second-order valence-corrected chi connectivity index (χ2v) is 7.19. The van der Waals surface area contributed by atoms with Gasteiger partial charge in [-0.15, -0.1) is 11.3 Å². The molecule has 1 saturated carbocycles. The van der Waals surface area contributed by atoms with E-state index in [0.29, 0.717) is 23.4 Å². The summed E-state index contributed by atoms with van der Waals surface area (Å²) >= 11 is 2.77. The van der Waals surface area contributed by atoms with E-state index in [-0.39, 0.29) is 12.1 Å². The van der Waals surface area contributed by atoms with Gasteiger partial charge in [0.25, 0.3) is 0 Å². The Morgan fingerprint density at radius 2 is 2.36 bits per heavy atom. The molecule has 118 valence electrons. The van der Waals surface area contributed by atoms with Gasteiger partial charge in [0.1, 0.15) is 0 Å². The van der Waals surface area contributed by atoms with E-state index in [9.17, 15) is 9.90 Å². The molecule has 0 spiro atoms. The molecule has 3 N–H and O–H groups in total. The van der Waals surface area contributed by atoms with E-state index in [1.807, 2.05) is 18.4 Å². The molecule has 22 heavy (non-hydrogen) atoms. The normalized spacial score (nSPS) is 21.0. The Kier molecular flexibility index (Phi) is 4.70. The highest BCUT2D eigenvalue weighted by atomic mass is 32.1. The molecule has 0 aromatic carbocycles. The van der Waals surface area contributed by atoms with Gasteiger partial charge in [0.2, 0.25) is 5.13 Å². The molecule has 6 nitrogen and oxygen atoms in total. The minimum Gasteiger partial charge on any atom is -0.393 e. The molecule has 3 rings (SSSR count). The van der Waals surface area contributed by atoms with Crippen LogP contribution in [0.2, 0.25) is 0 Å². The minimum atomic E-state index is -0.271. The molecular weight excluding hydrogens is 320 g/mol. The number of aliphatic hydroxyl groups excluding tert-OH is 1. The Morgan fingerprint density at radius 3 is 3.05 bits per heavy atom. The molecule has 2 aromatic rings. The number of rotatable bonds is 4. The summed E-state index contributed by atoms with van der Waals surface area (Å²) in [6.45, 7) is 2.60. The van der Waals surface area contributed by atoms with Crippen LogP contribution in [0, 0.1) is 12.8 Å². The fourth-order valence-corrected chi connectivity index (χ4v) is 4.07. The van der Waals surface area contributed by atoms with Crippen molar-refractivity contribution >= 4 is 34.0 Å². The Labute approximate surface area is 136 Å². The van der Waals surface area contributed by atoms with E-state index in [1.54, 1.807) is 11.3 Å². The number of nitrogens with zero attached hydrogens (tertiary/aromatic N) is 2. The predicted octanol–water partition coefficient (Wildman–Crippen LogP) is 2.86. The van der Waals surface area contributed by atoms with E-state index in [4.69, 9.17) is 0 Å². The summed E-state index contributed by atoms with van der Waals surface area (Å²) in [4.78, 5) is 17.3. The van der Waals surface area contributed by atoms with Gasteiger partial charge < -0.3 is 10.4 Å². The van der Waals surface area contributed by atoms with Crippen molar-refractivity contribution in [1.29, 1.82) is 0 Å². The second kappa shape index (κ2) is 6.72. The average Bonchev–Trinajstić information content (AvgIpc) is 3.18. The van der Waals surface area contributed by atoms with Crippen LogP contribution in [-0.4, -0.2) is 33.1 Å². The van der Waals surface area contributed by atoms with Crippen LogP contribution in [0.3, 0.4) is 0 Å². The zero-order valence-electron chi connectivity index (χ0n) is 12.2. The summed E-state index contributed by atoms with van der Waals surface area (Å²) in [6.07, 6.45) is 2.34. The molecule has 0 saturated heterocycles. The van der Waals surface area contributed by atoms with Gasteiger partial charge in [-0.05, 0) is 49.1 Å². The minimum absolute atomic E-state index is 0.213. The Morgan fingerprint density at radius 1 is 1.50 bits per heavy atom. The number of nitrogens with one attached hydrogen (secondary N) is 2. The monoisotopic (exact) mass is 338 g/mol. The molecule has 1 aliphatic carbocycles. The van der Waals surface area contributed by atoms with Crippen molar-refractivity contribution in [2.24, 2.45) is 5.92 Å². The first-order valence-electron chi connectivity index (χ1n) is 7.23. The molecule has 0 aliphatic heterocycles. The van der Waals surface area contributed by atoms with Gasteiger partial charge >= 0.3 is 6.03 Å². The average molecular weight is 338 g/mol. The maximum atomic E-state index is 11.9. The molecule has 2 atom stereocenters. The Hall–Kier alpha value is -1.51. The predicted molar refractivity (Wildman–Crippen MR) is 88.3 cm³/mol. The quantitative estimate of drug-likeness (QED) is 0.800. The summed E-state index contributed by atoms with van der Waals surface area (Å²) in [7, 11) is 0. The van der Waals surface area contributed by atoms with Crippen LogP contribution in [0.25, 0.3) is 10.7 Å². The second-order valence-electron chi connectivity index (χ2n) is 5.52. The third kappa shape index (κ3) is 3.63. The number of hydrogen-bond donors (Lipinski definition) is 3. The smallest absolute Gasteiger partial charge is 0.321 e. The SMILES string of the molecule is Cc1ccsc1-c1nsc(NC(=O)NCC2CCC(O)C2)n1. The molecule has 8 heteroatoms. The highest BCUT2D eigenvalue weighted by Crippen LogP contribution is 2.29. The summed E-state index contributed by atoms with van der Waals surface area (Å²) in [5.74, 6) is 1.02. The highest BCUT2D eigenvalue weighted by molar-refractivity contribution is 7.14. The highest BCUT2D eigenvalue weighted by Gasteiger charge is 2.23. The first-order chi connectivity index (χ1) is 10.6. The van der Waals surface area contributed by atoms with E-state index < -0.39 is 0 Å². The number of aromatic nitrogens is 2. The van der Waals surface area contributed by atoms with Gasteiger partial charge in [-0.1, -0.05) is 0 Å². The van der Waals surface area contributed by atoms with Crippen LogP contribution < -0.4 is 10.6 Å². The lowest BCUT2D eigenvalue weighted by molar-refractivity contribution is 0.177. The largest absolute Gasteiger partial charge is 0.393 e. The first-order valence-corrected chi connectivity index (χ1v) is 8.88. The topological polar surface area (TPSA) is 87.1 Å². The van der Waals surface area contributed by atoms with Gasteiger partial charge in [-0.2, -0.15) is 9.36 Å². The number of thiophene rings is 1. The van der Waals surface area contributed by atoms with Crippen molar-refractivity contribution in [3.05, 3.63) is 17.0 Å². The number of aliphatic hydroxyl groups is 1. The van der Waals surface area contributed by atoms with Gasteiger partial charge in [-0.25, -0.2) is 4.79 Å². The van der Waals surface area contributed by atoms with Crippen LogP contribution in [0.15, 0.2) is 11.4 Å². The fourth-order valence-electron chi connectivity index (χ4n) is 2.58. The molecule has 2 unspecified atom stereocenters. The maximum absolute atomic E-state index is 11.9. The number of anilines is 1. The molecule has 1 aliphatic rings. The van der Waals surface area contributed by atoms with Crippen LogP contribution in [0.1, 0.15) is 24.8 Å². The molecule has 2 heterocycles. The zero-order chi connectivity index (χ0) is 15.5. The first kappa shape index (κ1) is 15.4. The summed E-state index contributed by atoms with van der Waals surface area (Å²) in [5.41, 5.74) is 1.14. The number of carbonyl (C=O) groups excluding carboxylic acids is 1. The van der Waals surface area contributed by atoms with Crippen molar-refractivity contribution in [2.45, 2.75) is 32.3 Å². The van der Waals surface area contributed by atoms with Gasteiger partial charge in [0, 0.05) is 18.1 Å². The lowest BCUT2D eigenvalue weighted by atomic mass is 10.1. The number of carbonyl (C=O) groups is 1. The standard InChI is InChI=1S/C14H18N4O2S2/c1-8-4-5-21-11(8)12-16-14(22-18-12)17-13(20)15-7-9-2-3-10(19)6-9/h4-5,9-10,19H,2-3,6-7H2,1H3,(H2,15,16,17,18,20). The van der Waals surface area contributed by atoms with Gasteiger partial charge in [0.05, 0.1) is 11.0 Å². The third-order valence-electron chi connectivity index (χ3n) is 3.78. The van der Waals surface area contributed by atoms with Crippen molar-refractivity contribution in [3.63, 3.8) is 0 Å². The molecule has 2 amide bonds. The van der Waals surface area contributed by atoms with Crippen molar-refractivity contribution in [3.8, 4) is 10.7 Å². The molecule has 2 aromatic heterocycles. The van der Waals surface area contributed by atoms with E-state index in [0.717, 1.165) is 29.7 Å². The Balaban J connectivity index is 1.52. The molecule has 1 fully saturated rings. The summed E-state index contributed by atoms with van der Waals surface area (Å²) < 4.78 is 4.29. The van der Waals surface area contributed by atoms with Crippen molar-refractivity contribution in [1.82, 2.24) is 14.7 Å². The van der Waals surface area contributed by atoms with Crippen LogP contribution in [0.4, 0.5) is 9.93 Å². The summed E-state index contributed by atoms with van der Waals surface area (Å²) in [6, 6.07) is 1.75. The van der Waals surface area contributed by atoms with E-state index in [2.05, 4.69) is 20.0 Å². The van der Waals surface area contributed by atoms with Crippen LogP contribution in [-0.2, 0) is 0 Å². The fraction of sp³-hybridized carbons (Fsp3) is 0.500. The lowest BCUT2D eigenvalue weighted by Gasteiger charge is -2.10. The van der Waals surface area contributed by atoms with Gasteiger partial charge in [-0.3, -0.25) is 5.32 Å². The van der Waals surface area contributed by atoms with Crippen molar-refractivity contribution in [2.75, 3.05) is 11.9 Å². The van der Waals surface area contributed by atoms with Crippen molar-refractivity contribution < 1.29 is 9.90 Å². The van der Waals surface area contributed by atoms with Crippen LogP contribution in [0.5, 0.6) is 0 Å². The lowest BCUT2D eigenvalue weighted by Crippen LogP contribution is -2.32. The van der Waals surface area contributed by atoms with E-state index in [1.165, 1.54) is 11.5 Å². The third-order valence-corrected chi connectivity index (χ3v) is 5.42. The maximum Gasteiger partial charge on any atom is 0.321 e. The number of urea groups is 1. The number of hydrogen-bond acceptors (Lipinski definition) is 6. The number of amides is 2. The molecular formula is C14H18N4O2S2.